The molecule has 2 nitrogen and oxygen atoms in total. The van der Waals surface area contributed by atoms with Crippen molar-refractivity contribution in [1.29, 1.82) is 0 Å². The molecule has 36 heavy (non-hydrogen) atoms. The van der Waals surface area contributed by atoms with Gasteiger partial charge in [0.05, 0.1) is 0 Å². The van der Waals surface area contributed by atoms with Crippen molar-refractivity contribution in [2.24, 2.45) is 34.5 Å². The summed E-state index contributed by atoms with van der Waals surface area (Å²) in [6.07, 6.45) is 4.75. The van der Waals surface area contributed by atoms with E-state index < -0.39 is 29.5 Å². The van der Waals surface area contributed by atoms with Crippen LogP contribution in [0.2, 0.25) is 0 Å². The van der Waals surface area contributed by atoms with Gasteiger partial charge in [-0.3, -0.25) is 4.79 Å². The Hall–Kier alpha value is -0.250. The van der Waals surface area contributed by atoms with E-state index in [4.69, 9.17) is 0 Å². The van der Waals surface area contributed by atoms with Crippen LogP contribution in [-0.4, -0.2) is 33.0 Å². The second kappa shape index (κ2) is 10.1. The lowest BCUT2D eigenvalue weighted by molar-refractivity contribution is -0.364. The maximum absolute atomic E-state index is 14.9. The standard InChI is InChI=1S/C28H40F5IO2/c1-24-12-9-20(35)17-19(24)16-18(8-6-4-3-5-7-15-34)23-21(24)10-13-25(2)22(23)11-14-26(25,36)27(29,30)28(31,32)33/h17-18,21-23,36H,3-16H2,1-2H3/t18-,21+,22+,23-,24+,25+,26+/m1/s1. The molecule has 0 heterocycles. The minimum atomic E-state index is -5.79. The molecule has 206 valence electrons. The van der Waals surface area contributed by atoms with Crippen LogP contribution in [0.25, 0.3) is 0 Å². The zero-order valence-corrected chi connectivity index (χ0v) is 23.6. The van der Waals surface area contributed by atoms with Crippen LogP contribution >= 0.6 is 22.6 Å². The van der Waals surface area contributed by atoms with E-state index in [0.29, 0.717) is 19.3 Å². The lowest BCUT2D eigenvalue weighted by Crippen LogP contribution is -2.66. The molecule has 0 aromatic heterocycles. The average Bonchev–Trinajstić information content (AvgIpc) is 3.08. The van der Waals surface area contributed by atoms with Crippen LogP contribution in [-0.2, 0) is 4.79 Å². The van der Waals surface area contributed by atoms with Gasteiger partial charge in [0, 0.05) is 11.8 Å². The van der Waals surface area contributed by atoms with Gasteiger partial charge in [-0.15, -0.1) is 0 Å². The van der Waals surface area contributed by atoms with Gasteiger partial charge in [-0.25, -0.2) is 0 Å². The van der Waals surface area contributed by atoms with Crippen molar-refractivity contribution >= 4 is 28.4 Å². The van der Waals surface area contributed by atoms with Crippen LogP contribution in [0.1, 0.15) is 97.3 Å². The predicted molar refractivity (Wildman–Crippen MR) is 138 cm³/mol. The number of allylic oxidation sites excluding steroid dienone is 1. The normalized spacial score (nSPS) is 40.9. The summed E-state index contributed by atoms with van der Waals surface area (Å²) in [4.78, 5) is 12.3. The third kappa shape index (κ3) is 4.40. The lowest BCUT2D eigenvalue weighted by Gasteiger charge is -2.62. The number of hydrogen-bond donors (Lipinski definition) is 1. The van der Waals surface area contributed by atoms with Gasteiger partial charge in [0.25, 0.3) is 0 Å². The number of alkyl halides is 6. The van der Waals surface area contributed by atoms with Crippen LogP contribution in [0.4, 0.5) is 22.0 Å². The van der Waals surface area contributed by atoms with Crippen molar-refractivity contribution in [3.8, 4) is 0 Å². The molecule has 0 aromatic carbocycles. The highest BCUT2D eigenvalue weighted by Gasteiger charge is 2.79. The number of fused-ring (bicyclic) bond motifs is 5. The summed E-state index contributed by atoms with van der Waals surface area (Å²) < 4.78 is 71.5. The zero-order chi connectivity index (χ0) is 26.6. The highest BCUT2D eigenvalue weighted by Crippen LogP contribution is 2.72. The van der Waals surface area contributed by atoms with E-state index in [1.165, 1.54) is 19.8 Å². The summed E-state index contributed by atoms with van der Waals surface area (Å²) in [5.41, 5.74) is -3.64. The summed E-state index contributed by atoms with van der Waals surface area (Å²) in [6.45, 7) is 3.68. The Balaban J connectivity index is 1.65. The van der Waals surface area contributed by atoms with E-state index >= 15 is 0 Å². The summed E-state index contributed by atoms with van der Waals surface area (Å²) in [5, 5.41) is 11.2. The number of hydrogen-bond acceptors (Lipinski definition) is 2. The van der Waals surface area contributed by atoms with Crippen LogP contribution in [0.3, 0.4) is 0 Å². The van der Waals surface area contributed by atoms with E-state index in [2.05, 4.69) is 29.5 Å². The summed E-state index contributed by atoms with van der Waals surface area (Å²) in [6, 6.07) is 0. The first kappa shape index (κ1) is 28.8. The van der Waals surface area contributed by atoms with Gasteiger partial charge in [-0.05, 0) is 91.0 Å². The van der Waals surface area contributed by atoms with Crippen molar-refractivity contribution in [3.63, 3.8) is 0 Å². The topological polar surface area (TPSA) is 37.3 Å². The molecule has 0 amide bonds. The second-order valence-electron chi connectivity index (χ2n) is 12.5. The minimum Gasteiger partial charge on any atom is -0.383 e. The molecule has 4 aliphatic rings. The van der Waals surface area contributed by atoms with Gasteiger partial charge in [0.1, 0.15) is 5.60 Å². The molecule has 8 heteroatoms. The Labute approximate surface area is 225 Å². The Morgan fingerprint density at radius 2 is 1.61 bits per heavy atom. The average molecular weight is 631 g/mol. The SMILES string of the molecule is C[C@]12CCC(=O)C=C1C[C@@H](CCCCCCCI)[C@@H]1[C@@H]2CC[C@@]2(C)[C@H]1CC[C@@]2(O)C(F)(F)C(F)(F)F. The molecule has 3 fully saturated rings. The predicted octanol–water partition coefficient (Wildman–Crippen LogP) is 8.45. The third-order valence-electron chi connectivity index (χ3n) is 10.9. The molecule has 0 radical (unpaired) electrons. The smallest absolute Gasteiger partial charge is 0.383 e. The maximum atomic E-state index is 14.9. The first-order valence-electron chi connectivity index (χ1n) is 13.7. The van der Waals surface area contributed by atoms with Crippen LogP contribution in [0.15, 0.2) is 11.6 Å². The van der Waals surface area contributed by atoms with Gasteiger partial charge >= 0.3 is 12.1 Å². The molecule has 0 saturated heterocycles. The quantitative estimate of drug-likeness (QED) is 0.127. The van der Waals surface area contributed by atoms with E-state index in [1.54, 1.807) is 0 Å². The monoisotopic (exact) mass is 630 g/mol. The molecule has 0 unspecified atom stereocenters. The molecule has 4 aliphatic carbocycles. The summed E-state index contributed by atoms with van der Waals surface area (Å²) >= 11 is 2.37. The van der Waals surface area contributed by atoms with Crippen molar-refractivity contribution in [2.45, 2.75) is 115 Å². The number of carbonyl (C=O) groups is 1. The summed E-state index contributed by atoms with van der Waals surface area (Å²) in [7, 11) is 0. The number of aliphatic hydroxyl groups is 1. The Kier molecular flexibility index (Phi) is 8.03. The molecule has 0 aliphatic heterocycles. The number of ketones is 1. The fourth-order valence-corrected chi connectivity index (χ4v) is 9.34. The summed E-state index contributed by atoms with van der Waals surface area (Å²) in [5.74, 6) is -5.10. The second-order valence-corrected chi connectivity index (χ2v) is 13.6. The first-order chi connectivity index (χ1) is 16.7. The van der Waals surface area contributed by atoms with Gasteiger partial charge < -0.3 is 5.11 Å². The van der Waals surface area contributed by atoms with Crippen molar-refractivity contribution in [2.75, 3.05) is 4.43 Å². The molecule has 3 saturated carbocycles. The molecule has 0 bridgehead atoms. The van der Waals surface area contributed by atoms with Crippen LogP contribution in [0, 0.1) is 34.5 Å². The number of halogens is 6. The molecule has 7 atom stereocenters. The van der Waals surface area contributed by atoms with E-state index in [9.17, 15) is 31.9 Å². The van der Waals surface area contributed by atoms with Crippen molar-refractivity contribution < 1.29 is 31.9 Å². The highest BCUT2D eigenvalue weighted by atomic mass is 127. The largest absolute Gasteiger partial charge is 0.456 e. The molecule has 0 spiro atoms. The fourth-order valence-electron chi connectivity index (χ4n) is 8.80. The Morgan fingerprint density at radius 3 is 2.28 bits per heavy atom. The first-order valence-corrected chi connectivity index (χ1v) is 15.2. The van der Waals surface area contributed by atoms with Gasteiger partial charge in [0.15, 0.2) is 5.78 Å². The van der Waals surface area contributed by atoms with Crippen molar-refractivity contribution in [1.82, 2.24) is 0 Å². The Morgan fingerprint density at radius 1 is 0.972 bits per heavy atom. The molecule has 0 aromatic rings. The molecular weight excluding hydrogens is 590 g/mol. The molecular formula is C28H40F5IO2. The minimum absolute atomic E-state index is 0.00786. The maximum Gasteiger partial charge on any atom is 0.456 e. The lowest BCUT2D eigenvalue weighted by atomic mass is 9.43. The Bertz CT molecular complexity index is 872. The van der Waals surface area contributed by atoms with Crippen LogP contribution < -0.4 is 0 Å². The van der Waals surface area contributed by atoms with Crippen LogP contribution in [0.5, 0.6) is 0 Å². The molecule has 1 N–H and O–H groups in total. The third-order valence-corrected chi connectivity index (χ3v) is 11.6. The highest BCUT2D eigenvalue weighted by molar-refractivity contribution is 14.1. The number of carbonyl (C=O) groups excluding carboxylic acids is 1. The van der Waals surface area contributed by atoms with Gasteiger partial charge in [-0.1, -0.05) is 67.7 Å². The van der Waals surface area contributed by atoms with E-state index in [0.717, 1.165) is 42.1 Å². The van der Waals surface area contributed by atoms with Gasteiger partial charge in [0.2, 0.25) is 0 Å². The number of rotatable bonds is 8. The van der Waals surface area contributed by atoms with Gasteiger partial charge in [-0.2, -0.15) is 22.0 Å². The van der Waals surface area contributed by atoms with E-state index in [1.807, 2.05) is 6.08 Å². The zero-order valence-electron chi connectivity index (χ0n) is 21.4. The van der Waals surface area contributed by atoms with Crippen molar-refractivity contribution in [3.05, 3.63) is 11.6 Å². The van der Waals surface area contributed by atoms with E-state index in [-0.39, 0.29) is 47.7 Å². The number of unbranched alkanes of at least 4 members (excludes halogenated alkanes) is 4. The fraction of sp³-hybridized carbons (Fsp3) is 0.893. The molecule has 4 rings (SSSR count).